The maximum Gasteiger partial charge on any atom is 0.342 e. The number of fused-ring (bicyclic) bond motifs is 1. The molecule has 0 saturated carbocycles. The van der Waals surface area contributed by atoms with Crippen LogP contribution in [0.2, 0.25) is 0 Å². The fraction of sp³-hybridized carbons (Fsp3) is 0.333. The minimum absolute atomic E-state index is 0.180. The van der Waals surface area contributed by atoms with Crippen LogP contribution in [0, 0.1) is 13.8 Å². The molecule has 1 aliphatic carbocycles. The largest absolute Gasteiger partial charge is 0.466 e. The molecule has 0 radical (unpaired) electrons. The second-order valence-corrected chi connectivity index (χ2v) is 5.66. The summed E-state index contributed by atoms with van der Waals surface area (Å²) in [6.07, 6.45) is 3.24. The van der Waals surface area contributed by atoms with E-state index in [2.05, 4.69) is 0 Å². The molecule has 4 nitrogen and oxygen atoms in total. The van der Waals surface area contributed by atoms with Gasteiger partial charge in [0.2, 0.25) is 0 Å². The number of Topliss-reactive ketones (excluding diaryl/α,β-unsaturated/α-hetero) is 1. The number of hydrogen-bond donors (Lipinski definition) is 0. The second kappa shape index (κ2) is 5.79. The lowest BCUT2D eigenvalue weighted by atomic mass is 10.0. The van der Waals surface area contributed by atoms with Crippen molar-refractivity contribution in [1.82, 2.24) is 0 Å². The molecule has 1 heterocycles. The van der Waals surface area contributed by atoms with E-state index >= 15 is 0 Å². The summed E-state index contributed by atoms with van der Waals surface area (Å²) < 4.78 is 10.4. The third-order valence-corrected chi connectivity index (χ3v) is 4.02. The van der Waals surface area contributed by atoms with Gasteiger partial charge in [0.1, 0.15) is 17.1 Å². The third kappa shape index (κ3) is 2.82. The van der Waals surface area contributed by atoms with Crippen molar-refractivity contribution in [2.75, 3.05) is 6.61 Å². The van der Waals surface area contributed by atoms with Crippen molar-refractivity contribution in [2.24, 2.45) is 0 Å². The molecule has 0 aliphatic heterocycles. The minimum atomic E-state index is -0.524. The van der Waals surface area contributed by atoms with Crippen molar-refractivity contribution < 1.29 is 18.7 Å². The van der Waals surface area contributed by atoms with Crippen LogP contribution >= 0.6 is 0 Å². The van der Waals surface area contributed by atoms with Crippen molar-refractivity contribution >= 4 is 11.8 Å². The lowest BCUT2D eigenvalue weighted by Crippen LogP contribution is -2.14. The lowest BCUT2D eigenvalue weighted by Gasteiger charge is -2.05. The van der Waals surface area contributed by atoms with Crippen LogP contribution in [-0.2, 0) is 17.6 Å². The van der Waals surface area contributed by atoms with Crippen LogP contribution in [0.4, 0.5) is 0 Å². The Morgan fingerprint density at radius 2 is 1.91 bits per heavy atom. The normalized spacial score (nSPS) is 13.0. The number of carbonyl (C=O) groups excluding carboxylic acids is 2. The number of esters is 1. The fourth-order valence-electron chi connectivity index (χ4n) is 2.87. The van der Waals surface area contributed by atoms with Gasteiger partial charge in [-0.1, -0.05) is 12.1 Å². The van der Waals surface area contributed by atoms with Gasteiger partial charge in [-0.3, -0.25) is 4.79 Å². The molecule has 0 bridgehead atoms. The molecule has 0 N–H and O–H groups in total. The second-order valence-electron chi connectivity index (χ2n) is 5.66. The molecule has 2 aromatic rings. The Bertz CT molecular complexity index is 740. The van der Waals surface area contributed by atoms with Gasteiger partial charge in [0.15, 0.2) is 12.4 Å². The molecule has 0 amide bonds. The van der Waals surface area contributed by atoms with E-state index in [1.165, 1.54) is 11.1 Å². The molecular formula is C18H18O4. The zero-order chi connectivity index (χ0) is 15.7. The molecule has 114 valence electrons. The molecule has 0 saturated heterocycles. The van der Waals surface area contributed by atoms with Gasteiger partial charge in [0.05, 0.1) is 0 Å². The molecule has 1 aliphatic rings. The molecule has 0 unspecified atom stereocenters. The van der Waals surface area contributed by atoms with Crippen LogP contribution in [0.15, 0.2) is 28.7 Å². The highest BCUT2D eigenvalue weighted by Crippen LogP contribution is 2.23. The van der Waals surface area contributed by atoms with Gasteiger partial charge in [-0.2, -0.15) is 0 Å². The highest BCUT2D eigenvalue weighted by atomic mass is 16.5. The molecule has 3 rings (SSSR count). The summed E-state index contributed by atoms with van der Waals surface area (Å²) in [6.45, 7) is 3.21. The van der Waals surface area contributed by atoms with Crippen molar-refractivity contribution in [3.63, 3.8) is 0 Å². The van der Waals surface area contributed by atoms with E-state index in [-0.39, 0.29) is 12.4 Å². The van der Waals surface area contributed by atoms with Gasteiger partial charge in [-0.25, -0.2) is 4.79 Å². The number of furan rings is 1. The summed E-state index contributed by atoms with van der Waals surface area (Å²) in [7, 11) is 0. The first-order valence-corrected chi connectivity index (χ1v) is 7.44. The maximum atomic E-state index is 12.2. The predicted molar refractivity (Wildman–Crippen MR) is 81.3 cm³/mol. The first kappa shape index (κ1) is 14.6. The first-order chi connectivity index (χ1) is 10.5. The highest BCUT2D eigenvalue weighted by molar-refractivity contribution is 5.99. The van der Waals surface area contributed by atoms with E-state index in [1.54, 1.807) is 19.9 Å². The SMILES string of the molecule is Cc1cc(C(=O)OCC(=O)c2ccc3c(c2)CCC3)c(C)o1. The molecule has 1 aromatic heterocycles. The Hall–Kier alpha value is -2.36. The number of benzene rings is 1. The summed E-state index contributed by atoms with van der Waals surface area (Å²) in [6, 6.07) is 7.36. The summed E-state index contributed by atoms with van der Waals surface area (Å²) in [5.74, 6) is 0.451. The van der Waals surface area contributed by atoms with E-state index in [0.29, 0.717) is 22.6 Å². The van der Waals surface area contributed by atoms with Crippen LogP contribution in [0.3, 0.4) is 0 Å². The number of carbonyl (C=O) groups is 2. The topological polar surface area (TPSA) is 56.5 Å². The summed E-state index contributed by atoms with van der Waals surface area (Å²) in [4.78, 5) is 24.1. The Morgan fingerprint density at radius 1 is 1.14 bits per heavy atom. The zero-order valence-corrected chi connectivity index (χ0v) is 12.8. The van der Waals surface area contributed by atoms with Crippen LogP contribution in [0.25, 0.3) is 0 Å². The van der Waals surface area contributed by atoms with E-state index < -0.39 is 5.97 Å². The summed E-state index contributed by atoms with van der Waals surface area (Å²) in [5.41, 5.74) is 3.53. The van der Waals surface area contributed by atoms with Gasteiger partial charge < -0.3 is 9.15 Å². The van der Waals surface area contributed by atoms with E-state index in [9.17, 15) is 9.59 Å². The Balaban J connectivity index is 1.65. The van der Waals surface area contributed by atoms with Gasteiger partial charge in [0, 0.05) is 5.56 Å². The van der Waals surface area contributed by atoms with E-state index in [4.69, 9.17) is 9.15 Å². The summed E-state index contributed by atoms with van der Waals surface area (Å²) in [5, 5.41) is 0. The van der Waals surface area contributed by atoms with Crippen LogP contribution < -0.4 is 0 Å². The van der Waals surface area contributed by atoms with Crippen molar-refractivity contribution in [1.29, 1.82) is 0 Å². The number of hydrogen-bond acceptors (Lipinski definition) is 4. The van der Waals surface area contributed by atoms with Crippen molar-refractivity contribution in [3.8, 4) is 0 Å². The molecule has 22 heavy (non-hydrogen) atoms. The van der Waals surface area contributed by atoms with Gasteiger partial charge in [0.25, 0.3) is 0 Å². The van der Waals surface area contributed by atoms with Gasteiger partial charge in [-0.15, -0.1) is 0 Å². The molecule has 4 heteroatoms. The number of rotatable bonds is 4. The maximum absolute atomic E-state index is 12.2. The third-order valence-electron chi connectivity index (χ3n) is 4.02. The smallest absolute Gasteiger partial charge is 0.342 e. The number of ether oxygens (including phenoxy) is 1. The van der Waals surface area contributed by atoms with E-state index in [0.717, 1.165) is 19.3 Å². The Kier molecular flexibility index (Phi) is 3.84. The van der Waals surface area contributed by atoms with E-state index in [1.807, 2.05) is 18.2 Å². The van der Waals surface area contributed by atoms with Crippen LogP contribution in [0.5, 0.6) is 0 Å². The molecule has 0 spiro atoms. The zero-order valence-electron chi connectivity index (χ0n) is 12.8. The van der Waals surface area contributed by atoms with Crippen LogP contribution in [0.1, 0.15) is 49.8 Å². The molecule has 0 atom stereocenters. The number of ketones is 1. The predicted octanol–water partition coefficient (Wildman–Crippen LogP) is 3.42. The van der Waals surface area contributed by atoms with Crippen molar-refractivity contribution in [3.05, 3.63) is 58.0 Å². The van der Waals surface area contributed by atoms with Gasteiger partial charge in [-0.05, 0) is 56.4 Å². The first-order valence-electron chi connectivity index (χ1n) is 7.44. The lowest BCUT2D eigenvalue weighted by molar-refractivity contribution is 0.0473. The average molecular weight is 298 g/mol. The Morgan fingerprint density at radius 3 is 2.64 bits per heavy atom. The Labute approximate surface area is 129 Å². The summed E-state index contributed by atoms with van der Waals surface area (Å²) >= 11 is 0. The number of aryl methyl sites for hydroxylation is 4. The average Bonchev–Trinajstić information content (AvgIpc) is 3.09. The molecular weight excluding hydrogens is 280 g/mol. The highest BCUT2D eigenvalue weighted by Gasteiger charge is 2.18. The molecule has 1 aromatic carbocycles. The van der Waals surface area contributed by atoms with Gasteiger partial charge >= 0.3 is 5.97 Å². The van der Waals surface area contributed by atoms with Crippen LogP contribution in [-0.4, -0.2) is 18.4 Å². The standard InChI is InChI=1S/C18H18O4/c1-11-8-16(12(2)22-11)18(20)21-10-17(19)15-7-6-13-4-3-5-14(13)9-15/h6-9H,3-5,10H2,1-2H3. The minimum Gasteiger partial charge on any atom is -0.466 e. The van der Waals surface area contributed by atoms with Crippen molar-refractivity contribution in [2.45, 2.75) is 33.1 Å². The molecule has 0 fully saturated rings. The fourth-order valence-corrected chi connectivity index (χ4v) is 2.87. The monoisotopic (exact) mass is 298 g/mol. The quantitative estimate of drug-likeness (QED) is 0.641.